The molecule has 1 aromatic carbocycles. The molecule has 3 heterocycles. The molecular formula is C22H18F3N3O4. The average molecular weight is 445 g/mol. The molecule has 0 bridgehead atoms. The van der Waals surface area contributed by atoms with Crippen molar-refractivity contribution in [1.82, 2.24) is 9.97 Å². The molecule has 0 spiro atoms. The van der Waals surface area contributed by atoms with Crippen LogP contribution < -0.4 is 5.73 Å². The van der Waals surface area contributed by atoms with Gasteiger partial charge in [-0.05, 0) is 24.6 Å². The summed E-state index contributed by atoms with van der Waals surface area (Å²) in [5.41, 5.74) is 3.03. The quantitative estimate of drug-likeness (QED) is 0.568. The van der Waals surface area contributed by atoms with Crippen molar-refractivity contribution in [3.63, 3.8) is 0 Å². The van der Waals surface area contributed by atoms with Crippen molar-refractivity contribution in [3.05, 3.63) is 71.4 Å². The summed E-state index contributed by atoms with van der Waals surface area (Å²) in [5.74, 6) is -4.56. The van der Waals surface area contributed by atoms with Crippen molar-refractivity contribution in [3.8, 4) is 22.4 Å². The van der Waals surface area contributed by atoms with Crippen LogP contribution in [0.5, 0.6) is 0 Å². The van der Waals surface area contributed by atoms with E-state index >= 15 is 4.39 Å². The topological polar surface area (TPSA) is 119 Å². The number of benzene rings is 1. The van der Waals surface area contributed by atoms with Gasteiger partial charge in [0.2, 0.25) is 0 Å². The number of carbonyl (C=O) groups is 1. The number of halogens is 3. The van der Waals surface area contributed by atoms with E-state index < -0.39 is 64.2 Å². The van der Waals surface area contributed by atoms with Gasteiger partial charge in [0, 0.05) is 29.1 Å². The fourth-order valence-corrected chi connectivity index (χ4v) is 3.76. The number of aliphatic hydroxyl groups excluding tert-OH is 2. The Hall–Kier alpha value is -3.34. The lowest BCUT2D eigenvalue weighted by Crippen LogP contribution is -2.40. The number of amides is 1. The highest BCUT2D eigenvalue weighted by Gasteiger charge is 2.39. The van der Waals surface area contributed by atoms with E-state index in [4.69, 9.17) is 10.5 Å². The molecule has 3 unspecified atom stereocenters. The van der Waals surface area contributed by atoms with Gasteiger partial charge < -0.3 is 20.7 Å². The van der Waals surface area contributed by atoms with Crippen molar-refractivity contribution in [2.75, 3.05) is 6.61 Å². The van der Waals surface area contributed by atoms with E-state index in [0.717, 1.165) is 18.2 Å². The van der Waals surface area contributed by atoms with Crippen LogP contribution in [0.1, 0.15) is 28.6 Å². The number of primary amides is 1. The Bertz CT molecular complexity index is 1160. The van der Waals surface area contributed by atoms with E-state index in [1.54, 1.807) is 0 Å². The van der Waals surface area contributed by atoms with Gasteiger partial charge in [0.1, 0.15) is 35.2 Å². The molecule has 3 atom stereocenters. The number of nitrogens with two attached hydrogens (primary N) is 1. The van der Waals surface area contributed by atoms with Crippen molar-refractivity contribution >= 4 is 5.91 Å². The van der Waals surface area contributed by atoms with Crippen LogP contribution in [0.4, 0.5) is 13.2 Å². The standard InChI is InChI=1S/C22H18F3N3O4/c23-11-4-1-5-12(24)15(11)18-17(25)16(21-20(30)13(29)6-8-32-21)14(19(28-18)22(26)31)10-3-2-7-27-9-10/h1-5,7,9,13,20-21,29-30H,6,8H2,(H2,26,31). The molecule has 3 aromatic rings. The van der Waals surface area contributed by atoms with E-state index in [1.807, 2.05) is 0 Å². The number of pyridine rings is 2. The second kappa shape index (κ2) is 8.65. The molecule has 7 nitrogen and oxygen atoms in total. The molecule has 1 aliphatic heterocycles. The lowest BCUT2D eigenvalue weighted by atomic mass is 9.87. The van der Waals surface area contributed by atoms with Crippen LogP contribution in [0.2, 0.25) is 0 Å². The van der Waals surface area contributed by atoms with Crippen LogP contribution in [-0.4, -0.2) is 44.9 Å². The van der Waals surface area contributed by atoms with Gasteiger partial charge in [0.15, 0.2) is 5.82 Å². The van der Waals surface area contributed by atoms with Gasteiger partial charge in [0.05, 0.1) is 18.3 Å². The Morgan fingerprint density at radius 1 is 1.09 bits per heavy atom. The highest BCUT2D eigenvalue weighted by Crippen LogP contribution is 2.42. The molecule has 166 valence electrons. The monoisotopic (exact) mass is 445 g/mol. The van der Waals surface area contributed by atoms with Crippen molar-refractivity contribution in [1.29, 1.82) is 0 Å². The zero-order valence-electron chi connectivity index (χ0n) is 16.5. The van der Waals surface area contributed by atoms with Gasteiger partial charge in [-0.2, -0.15) is 0 Å². The molecule has 1 saturated heterocycles. The predicted molar refractivity (Wildman–Crippen MR) is 107 cm³/mol. The number of hydrogen-bond acceptors (Lipinski definition) is 6. The second-order valence-electron chi connectivity index (χ2n) is 7.25. The Labute approximate surface area is 180 Å². The van der Waals surface area contributed by atoms with Crippen LogP contribution in [-0.2, 0) is 4.74 Å². The first-order valence-corrected chi connectivity index (χ1v) is 9.67. The molecule has 1 amide bonds. The van der Waals surface area contributed by atoms with Crippen LogP contribution in [0.25, 0.3) is 22.4 Å². The normalized spacial score (nSPS) is 20.8. The first-order valence-electron chi connectivity index (χ1n) is 9.67. The Morgan fingerprint density at radius 2 is 1.81 bits per heavy atom. The molecule has 4 rings (SSSR count). The van der Waals surface area contributed by atoms with Crippen molar-refractivity contribution in [2.24, 2.45) is 5.73 Å². The van der Waals surface area contributed by atoms with Gasteiger partial charge in [-0.3, -0.25) is 9.78 Å². The van der Waals surface area contributed by atoms with Crippen LogP contribution in [0.3, 0.4) is 0 Å². The molecule has 1 fully saturated rings. The lowest BCUT2D eigenvalue weighted by molar-refractivity contribution is -0.137. The molecule has 2 aromatic heterocycles. The Morgan fingerprint density at radius 3 is 2.44 bits per heavy atom. The third-order valence-corrected chi connectivity index (χ3v) is 5.26. The largest absolute Gasteiger partial charge is 0.390 e. The maximum atomic E-state index is 16.0. The van der Waals surface area contributed by atoms with Crippen LogP contribution in [0.15, 0.2) is 42.7 Å². The fraction of sp³-hybridized carbons (Fsp3) is 0.227. The van der Waals surface area contributed by atoms with Gasteiger partial charge in [-0.15, -0.1) is 0 Å². The number of nitrogens with zero attached hydrogens (tertiary/aromatic N) is 2. The number of aliphatic hydroxyl groups is 2. The van der Waals surface area contributed by atoms with Gasteiger partial charge in [-0.1, -0.05) is 12.1 Å². The lowest BCUT2D eigenvalue weighted by Gasteiger charge is -2.34. The summed E-state index contributed by atoms with van der Waals surface area (Å²) in [7, 11) is 0. The number of carbonyl (C=O) groups excluding carboxylic acids is 1. The summed E-state index contributed by atoms with van der Waals surface area (Å²) in [4.78, 5) is 20.1. The van der Waals surface area contributed by atoms with E-state index in [0.29, 0.717) is 0 Å². The SMILES string of the molecule is NC(=O)c1nc(-c2c(F)cccc2F)c(F)c(C2OCCC(O)C2O)c1-c1cccnc1. The van der Waals surface area contributed by atoms with E-state index in [1.165, 1.54) is 24.5 Å². The van der Waals surface area contributed by atoms with Gasteiger partial charge in [-0.25, -0.2) is 18.2 Å². The number of aromatic nitrogens is 2. The van der Waals surface area contributed by atoms with Crippen LogP contribution in [0, 0.1) is 17.5 Å². The highest BCUT2D eigenvalue weighted by atomic mass is 19.1. The third-order valence-electron chi connectivity index (χ3n) is 5.26. The molecule has 0 aliphatic carbocycles. The second-order valence-corrected chi connectivity index (χ2v) is 7.25. The van der Waals surface area contributed by atoms with E-state index in [9.17, 15) is 23.8 Å². The molecule has 1 aliphatic rings. The van der Waals surface area contributed by atoms with Gasteiger partial charge in [0.25, 0.3) is 5.91 Å². The number of hydrogen-bond donors (Lipinski definition) is 3. The highest BCUT2D eigenvalue weighted by molar-refractivity contribution is 5.99. The maximum Gasteiger partial charge on any atom is 0.267 e. The minimum atomic E-state index is -1.59. The van der Waals surface area contributed by atoms with E-state index in [-0.39, 0.29) is 24.2 Å². The fourth-order valence-electron chi connectivity index (χ4n) is 3.76. The third kappa shape index (κ3) is 3.72. The molecular weight excluding hydrogens is 427 g/mol. The Kier molecular flexibility index (Phi) is 5.92. The summed E-state index contributed by atoms with van der Waals surface area (Å²) < 4.78 is 50.5. The first kappa shape index (κ1) is 21.9. The average Bonchev–Trinajstić information content (AvgIpc) is 2.77. The smallest absolute Gasteiger partial charge is 0.267 e. The first-order chi connectivity index (χ1) is 15.3. The molecule has 10 heteroatoms. The Balaban J connectivity index is 2.11. The summed E-state index contributed by atoms with van der Waals surface area (Å²) in [6.07, 6.45) is -1.48. The maximum absolute atomic E-state index is 16.0. The minimum Gasteiger partial charge on any atom is -0.390 e. The zero-order valence-corrected chi connectivity index (χ0v) is 16.5. The molecule has 0 saturated carbocycles. The molecule has 0 radical (unpaired) electrons. The number of ether oxygens (including phenoxy) is 1. The van der Waals surface area contributed by atoms with Crippen LogP contribution >= 0.6 is 0 Å². The minimum absolute atomic E-state index is 0.0353. The number of rotatable bonds is 4. The summed E-state index contributed by atoms with van der Waals surface area (Å²) in [6, 6.07) is 5.92. The molecule has 32 heavy (non-hydrogen) atoms. The van der Waals surface area contributed by atoms with Crippen molar-refractivity contribution < 1.29 is 32.9 Å². The predicted octanol–water partition coefficient (Wildman–Crippen LogP) is 2.51. The molecule has 4 N–H and O–H groups in total. The zero-order chi connectivity index (χ0) is 23.0. The van der Waals surface area contributed by atoms with E-state index in [2.05, 4.69) is 9.97 Å². The van der Waals surface area contributed by atoms with Gasteiger partial charge >= 0.3 is 0 Å². The van der Waals surface area contributed by atoms with Crippen molar-refractivity contribution in [2.45, 2.75) is 24.7 Å². The summed E-state index contributed by atoms with van der Waals surface area (Å²) in [5, 5.41) is 20.7. The summed E-state index contributed by atoms with van der Waals surface area (Å²) in [6.45, 7) is -0.0353. The summed E-state index contributed by atoms with van der Waals surface area (Å²) >= 11 is 0.